The summed E-state index contributed by atoms with van der Waals surface area (Å²) < 4.78 is 0. The molecular formula is C30H36N8O. The second-order valence-corrected chi connectivity index (χ2v) is 11.5. The summed E-state index contributed by atoms with van der Waals surface area (Å²) in [6, 6.07) is 12.1. The number of H-pyrrole nitrogens is 1. The van der Waals surface area contributed by atoms with Gasteiger partial charge in [0.2, 0.25) is 11.9 Å². The Kier molecular flexibility index (Phi) is 6.61. The minimum atomic E-state index is -0.283. The number of benzene rings is 1. The number of rotatable bonds is 6. The van der Waals surface area contributed by atoms with Crippen molar-refractivity contribution in [1.29, 1.82) is 5.26 Å². The molecule has 3 aromatic rings. The third-order valence-electron chi connectivity index (χ3n) is 8.38. The Morgan fingerprint density at radius 3 is 2.69 bits per heavy atom. The number of carbonyl (C=O) groups is 1. The number of amides is 1. The molecule has 2 aromatic heterocycles. The first-order valence-corrected chi connectivity index (χ1v) is 13.9. The Hall–Kier alpha value is -3.74. The molecule has 6 rings (SSSR count). The lowest BCUT2D eigenvalue weighted by Gasteiger charge is -2.44. The van der Waals surface area contributed by atoms with Crippen molar-refractivity contribution in [1.82, 2.24) is 29.7 Å². The highest BCUT2D eigenvalue weighted by molar-refractivity contribution is 5.84. The SMILES string of the molecule is Cc1cc(-c2ccc3nc(NC4(C)CC(CN5CCN(C(=O)C6CC6)CC5)=CCN4C)[nH]c3c2)cc(C#N)n1. The van der Waals surface area contributed by atoms with E-state index in [1.54, 1.807) is 0 Å². The van der Waals surface area contributed by atoms with Gasteiger partial charge >= 0.3 is 0 Å². The normalized spacial score (nSPS) is 22.5. The third kappa shape index (κ3) is 5.40. The maximum Gasteiger partial charge on any atom is 0.225 e. The van der Waals surface area contributed by atoms with Gasteiger partial charge in [0.05, 0.1) is 16.7 Å². The molecule has 2 aliphatic heterocycles. The van der Waals surface area contributed by atoms with E-state index < -0.39 is 0 Å². The van der Waals surface area contributed by atoms with Gasteiger partial charge in [-0.1, -0.05) is 17.7 Å². The summed E-state index contributed by atoms with van der Waals surface area (Å²) in [5.41, 5.74) is 6.20. The molecule has 39 heavy (non-hydrogen) atoms. The van der Waals surface area contributed by atoms with E-state index in [-0.39, 0.29) is 5.66 Å². The Balaban J connectivity index is 1.13. The number of pyridine rings is 1. The van der Waals surface area contributed by atoms with Crippen molar-refractivity contribution in [2.75, 3.05) is 51.6 Å². The Morgan fingerprint density at radius 1 is 1.15 bits per heavy atom. The number of hydrogen-bond donors (Lipinski definition) is 2. The van der Waals surface area contributed by atoms with Crippen LogP contribution in [0.1, 0.15) is 37.6 Å². The number of carbonyl (C=O) groups excluding carboxylic acids is 1. The zero-order valence-electron chi connectivity index (χ0n) is 23.0. The van der Waals surface area contributed by atoms with Crippen molar-refractivity contribution >= 4 is 22.9 Å². The monoisotopic (exact) mass is 524 g/mol. The molecule has 0 spiro atoms. The molecule has 1 unspecified atom stereocenters. The van der Waals surface area contributed by atoms with Crippen LogP contribution >= 0.6 is 0 Å². The number of likely N-dealkylation sites (N-methyl/N-ethyl adjacent to an activating group) is 1. The molecule has 1 aromatic carbocycles. The number of hydrogen-bond acceptors (Lipinski definition) is 7. The summed E-state index contributed by atoms with van der Waals surface area (Å²) in [6.45, 7) is 9.51. The van der Waals surface area contributed by atoms with Crippen molar-refractivity contribution < 1.29 is 4.79 Å². The topological polar surface area (TPSA) is 104 Å². The summed E-state index contributed by atoms with van der Waals surface area (Å²) in [4.78, 5) is 31.8. The number of aromatic amines is 1. The number of imidazole rings is 1. The molecule has 4 heterocycles. The summed E-state index contributed by atoms with van der Waals surface area (Å²) in [6.07, 6.45) is 5.39. The van der Waals surface area contributed by atoms with E-state index in [0.29, 0.717) is 17.5 Å². The van der Waals surface area contributed by atoms with Crippen LogP contribution in [-0.4, -0.2) is 87.5 Å². The Bertz CT molecular complexity index is 1470. The molecule has 9 nitrogen and oxygen atoms in total. The van der Waals surface area contributed by atoms with Crippen LogP contribution in [-0.2, 0) is 4.79 Å². The first-order chi connectivity index (χ1) is 18.8. The van der Waals surface area contributed by atoms with Crippen molar-refractivity contribution in [2.45, 2.75) is 38.8 Å². The minimum absolute atomic E-state index is 0.283. The first kappa shape index (κ1) is 25.5. The highest BCUT2D eigenvalue weighted by Gasteiger charge is 2.36. The van der Waals surface area contributed by atoms with E-state index in [4.69, 9.17) is 4.98 Å². The molecule has 1 saturated carbocycles. The van der Waals surface area contributed by atoms with Crippen LogP contribution in [0.25, 0.3) is 22.2 Å². The van der Waals surface area contributed by atoms with Crippen LogP contribution in [0.4, 0.5) is 5.95 Å². The largest absolute Gasteiger partial charge is 0.340 e. The summed E-state index contributed by atoms with van der Waals surface area (Å²) in [7, 11) is 2.14. The van der Waals surface area contributed by atoms with E-state index in [2.05, 4.69) is 62.2 Å². The van der Waals surface area contributed by atoms with Gasteiger partial charge in [-0.3, -0.25) is 14.6 Å². The highest BCUT2D eigenvalue weighted by Crippen LogP contribution is 2.32. The zero-order valence-corrected chi connectivity index (χ0v) is 23.0. The zero-order chi connectivity index (χ0) is 27.1. The second-order valence-electron chi connectivity index (χ2n) is 11.5. The standard InChI is InChI=1S/C30H36N8O/c1-20-14-24(15-25(18-31)32-20)23-6-7-26-27(16-23)34-29(33-26)35-30(2)17-21(8-9-36(30)3)19-37-10-12-38(13-11-37)28(39)22-4-5-22/h6-8,14-16,22H,4-5,9-13,17,19H2,1-3H3,(H2,33,34,35). The molecule has 1 atom stereocenters. The van der Waals surface area contributed by atoms with Gasteiger partial charge in [-0.2, -0.15) is 5.26 Å². The maximum absolute atomic E-state index is 12.4. The van der Waals surface area contributed by atoms with Gasteiger partial charge in [0.1, 0.15) is 11.8 Å². The van der Waals surface area contributed by atoms with Crippen LogP contribution in [0.5, 0.6) is 0 Å². The number of aryl methyl sites for hydroxylation is 1. The first-order valence-electron chi connectivity index (χ1n) is 13.9. The number of anilines is 1. The average Bonchev–Trinajstić information content (AvgIpc) is 3.70. The summed E-state index contributed by atoms with van der Waals surface area (Å²) >= 11 is 0. The lowest BCUT2D eigenvalue weighted by atomic mass is 9.95. The van der Waals surface area contributed by atoms with E-state index in [0.717, 1.165) is 92.3 Å². The molecule has 3 aliphatic rings. The van der Waals surface area contributed by atoms with E-state index in [1.165, 1.54) is 5.57 Å². The number of fused-ring (bicyclic) bond motifs is 1. The van der Waals surface area contributed by atoms with Gasteiger partial charge in [0.25, 0.3) is 0 Å². The number of piperazine rings is 1. The summed E-state index contributed by atoms with van der Waals surface area (Å²) in [5.74, 6) is 1.42. The molecule has 1 amide bonds. The Morgan fingerprint density at radius 2 is 1.95 bits per heavy atom. The fraction of sp³-hybridized carbons (Fsp3) is 0.467. The smallest absolute Gasteiger partial charge is 0.225 e. The number of nitriles is 1. The van der Waals surface area contributed by atoms with Gasteiger partial charge in [-0.25, -0.2) is 9.97 Å². The quantitative estimate of drug-likeness (QED) is 0.473. The van der Waals surface area contributed by atoms with E-state index >= 15 is 0 Å². The fourth-order valence-electron chi connectivity index (χ4n) is 5.77. The molecule has 1 saturated heterocycles. The lowest BCUT2D eigenvalue weighted by molar-refractivity contribution is -0.134. The van der Waals surface area contributed by atoms with Gasteiger partial charge in [0, 0.05) is 57.3 Å². The maximum atomic E-state index is 12.4. The number of aromatic nitrogens is 3. The van der Waals surface area contributed by atoms with Crippen LogP contribution < -0.4 is 5.32 Å². The number of nitrogens with zero attached hydrogens (tertiary/aromatic N) is 6. The van der Waals surface area contributed by atoms with E-state index in [1.807, 2.05) is 31.2 Å². The highest BCUT2D eigenvalue weighted by atomic mass is 16.2. The van der Waals surface area contributed by atoms with Gasteiger partial charge < -0.3 is 15.2 Å². The molecule has 0 radical (unpaired) electrons. The fourth-order valence-corrected chi connectivity index (χ4v) is 5.77. The predicted octanol–water partition coefficient (Wildman–Crippen LogP) is 3.75. The molecule has 9 heteroatoms. The van der Waals surface area contributed by atoms with Gasteiger partial charge in [0.15, 0.2) is 0 Å². The minimum Gasteiger partial charge on any atom is -0.340 e. The number of nitrogens with one attached hydrogen (secondary N) is 2. The summed E-state index contributed by atoms with van der Waals surface area (Å²) in [5, 5.41) is 13.0. The molecule has 2 fully saturated rings. The second kappa shape index (κ2) is 10.1. The lowest BCUT2D eigenvalue weighted by Crippen LogP contribution is -2.54. The van der Waals surface area contributed by atoms with Crippen molar-refractivity contribution in [3.05, 3.63) is 53.4 Å². The van der Waals surface area contributed by atoms with Crippen molar-refractivity contribution in [3.8, 4) is 17.2 Å². The van der Waals surface area contributed by atoms with Crippen molar-refractivity contribution in [3.63, 3.8) is 0 Å². The van der Waals surface area contributed by atoms with Gasteiger partial charge in [-0.15, -0.1) is 0 Å². The average molecular weight is 525 g/mol. The molecule has 2 N–H and O–H groups in total. The third-order valence-corrected chi connectivity index (χ3v) is 8.38. The van der Waals surface area contributed by atoms with Crippen LogP contribution in [0.15, 0.2) is 42.0 Å². The van der Waals surface area contributed by atoms with Crippen LogP contribution in [0, 0.1) is 24.2 Å². The van der Waals surface area contributed by atoms with Crippen molar-refractivity contribution in [2.24, 2.45) is 5.92 Å². The van der Waals surface area contributed by atoms with Gasteiger partial charge in [-0.05, 0) is 69.1 Å². The molecular weight excluding hydrogens is 488 g/mol. The van der Waals surface area contributed by atoms with Crippen LogP contribution in [0.3, 0.4) is 0 Å². The Labute approximate surface area is 229 Å². The van der Waals surface area contributed by atoms with E-state index in [9.17, 15) is 10.1 Å². The predicted molar refractivity (Wildman–Crippen MR) is 152 cm³/mol. The molecule has 1 aliphatic carbocycles. The molecule has 0 bridgehead atoms. The van der Waals surface area contributed by atoms with Crippen LogP contribution in [0.2, 0.25) is 0 Å². The molecule has 202 valence electrons.